The maximum atomic E-state index is 13.4. The minimum atomic E-state index is -4.78. The summed E-state index contributed by atoms with van der Waals surface area (Å²) in [6.07, 6.45) is -9.55. The monoisotopic (exact) mass is 828 g/mol. The SMILES string of the molecule is CC[N+](C(=O)Cl)(c1ccc(C(F)(F)F)cc1)c1c([N+](=O)[O-])ccc(Oc2ccc([N+](=O)[O-])c([N+](CC)(C(=O)Cl)c3ccc(C(F)(F)F)cc3)c2Cl)c1Cl. The highest BCUT2D eigenvalue weighted by molar-refractivity contribution is 6.66. The summed E-state index contributed by atoms with van der Waals surface area (Å²) in [5, 5.41) is 20.5. The Hall–Kier alpha value is -4.52. The van der Waals surface area contributed by atoms with Crippen LogP contribution in [0.2, 0.25) is 10.0 Å². The molecule has 11 nitrogen and oxygen atoms in total. The van der Waals surface area contributed by atoms with Crippen LogP contribution < -0.4 is 13.7 Å². The van der Waals surface area contributed by atoms with Crippen molar-refractivity contribution < 1.29 is 50.5 Å². The minimum absolute atomic E-state index is 0.263. The van der Waals surface area contributed by atoms with Gasteiger partial charge in [0.25, 0.3) is 0 Å². The van der Waals surface area contributed by atoms with Gasteiger partial charge in [0, 0.05) is 59.6 Å². The topological polar surface area (TPSA) is 130 Å². The second-order valence-corrected chi connectivity index (χ2v) is 12.4. The zero-order valence-electron chi connectivity index (χ0n) is 26.8. The molecular weight excluding hydrogens is 808 g/mol. The van der Waals surface area contributed by atoms with Crippen LogP contribution in [-0.4, -0.2) is 33.7 Å². The van der Waals surface area contributed by atoms with Gasteiger partial charge in [-0.05, 0) is 50.2 Å². The molecule has 53 heavy (non-hydrogen) atoms. The van der Waals surface area contributed by atoms with Crippen molar-refractivity contribution in [2.24, 2.45) is 0 Å². The number of carbonyl (C=O) groups is 2. The van der Waals surface area contributed by atoms with E-state index in [1.165, 1.54) is 13.8 Å². The summed E-state index contributed by atoms with van der Waals surface area (Å²) in [5.74, 6) is -0.979. The fourth-order valence-electron chi connectivity index (χ4n) is 5.75. The molecule has 0 fully saturated rings. The molecule has 21 heteroatoms. The summed E-state index contributed by atoms with van der Waals surface area (Å²) < 4.78 is 83.4. The van der Waals surface area contributed by atoms with Gasteiger partial charge in [0.2, 0.25) is 11.4 Å². The standard InChI is InChI=1S/C32H22Cl4F6N4O7/c1-3-45(29(35)47,19-9-5-17(6-10-19)31(37,38)39)27-21(43(49)50)13-15-23(25(27)33)53-24-16-14-22(44(51)52)28(26(24)34)46(4-2,30(36)48)20-11-7-18(8-12-20)32(40,41)42/h5-16H,3-4H2,1-2H3/q+2. The molecular formula is C32H22Cl4F6N4O7+2. The van der Waals surface area contributed by atoms with Gasteiger partial charge in [0.15, 0.2) is 21.5 Å². The second-order valence-electron chi connectivity index (χ2n) is 11.0. The van der Waals surface area contributed by atoms with Crippen molar-refractivity contribution in [1.29, 1.82) is 0 Å². The molecule has 0 heterocycles. The third-order valence-electron chi connectivity index (χ3n) is 8.32. The quantitative estimate of drug-likeness (QED) is 0.0388. The first-order valence-corrected chi connectivity index (χ1v) is 16.2. The Kier molecular flexibility index (Phi) is 11.7. The highest BCUT2D eigenvalue weighted by atomic mass is 35.5. The normalized spacial score (nSPS) is 14.2. The molecule has 4 aromatic rings. The van der Waals surface area contributed by atoms with Gasteiger partial charge in [-0.15, -0.1) is 0 Å². The molecule has 0 radical (unpaired) electrons. The van der Waals surface area contributed by atoms with E-state index in [9.17, 15) is 56.2 Å². The Labute approximate surface area is 314 Å². The van der Waals surface area contributed by atoms with Crippen LogP contribution in [0, 0.1) is 20.2 Å². The van der Waals surface area contributed by atoms with Crippen molar-refractivity contribution in [3.05, 3.63) is 114 Å². The number of hydrogen-bond acceptors (Lipinski definition) is 7. The van der Waals surface area contributed by atoms with Crippen LogP contribution in [0.1, 0.15) is 25.0 Å². The number of ether oxygens (including phenoxy) is 1. The summed E-state index contributed by atoms with van der Waals surface area (Å²) >= 11 is 25.5. The van der Waals surface area contributed by atoms with E-state index in [0.717, 1.165) is 48.5 Å². The van der Waals surface area contributed by atoms with Crippen molar-refractivity contribution in [3.8, 4) is 11.5 Å². The molecule has 4 aromatic carbocycles. The fourth-order valence-corrected chi connectivity index (χ4v) is 7.03. The lowest BCUT2D eigenvalue weighted by atomic mass is 10.1. The first-order chi connectivity index (χ1) is 24.6. The minimum Gasteiger partial charge on any atom is -0.454 e. The Morgan fingerprint density at radius 2 is 0.925 bits per heavy atom. The number of quaternary nitrogens is 2. The van der Waals surface area contributed by atoms with Crippen LogP contribution in [0.3, 0.4) is 0 Å². The maximum absolute atomic E-state index is 13.4. The van der Waals surface area contributed by atoms with Gasteiger partial charge in [-0.1, -0.05) is 23.2 Å². The number of benzene rings is 4. The number of amides is 2. The molecule has 0 bridgehead atoms. The maximum Gasteiger partial charge on any atom is 0.422 e. The zero-order chi connectivity index (χ0) is 39.8. The van der Waals surface area contributed by atoms with Gasteiger partial charge in [-0.2, -0.15) is 35.3 Å². The van der Waals surface area contributed by atoms with Gasteiger partial charge in [-0.3, -0.25) is 20.2 Å². The van der Waals surface area contributed by atoms with Crippen molar-refractivity contribution >= 4 is 91.3 Å². The number of rotatable bonds is 10. The van der Waals surface area contributed by atoms with Crippen LogP contribution in [0.4, 0.5) is 70.1 Å². The van der Waals surface area contributed by atoms with Crippen LogP contribution in [0.5, 0.6) is 11.5 Å². The summed E-state index contributed by atoms with van der Waals surface area (Å²) in [5.41, 5.74) is -5.65. The van der Waals surface area contributed by atoms with E-state index in [1.54, 1.807) is 0 Å². The van der Waals surface area contributed by atoms with Crippen LogP contribution >= 0.6 is 46.4 Å². The summed E-state index contributed by atoms with van der Waals surface area (Å²) in [6, 6.07) is 9.65. The van der Waals surface area contributed by atoms with Gasteiger partial charge in [0.05, 0.1) is 34.1 Å². The predicted octanol–water partition coefficient (Wildman–Crippen LogP) is 12.7. The number of carbonyl (C=O) groups excluding carboxylic acids is 2. The molecule has 4 rings (SSSR count). The molecule has 0 N–H and O–H groups in total. The van der Waals surface area contributed by atoms with Crippen LogP contribution in [0.25, 0.3) is 0 Å². The molecule has 280 valence electrons. The van der Waals surface area contributed by atoms with E-state index < -0.39 is 110 Å². The van der Waals surface area contributed by atoms with Crippen LogP contribution in [-0.2, 0) is 12.4 Å². The third kappa shape index (κ3) is 7.36. The first kappa shape index (κ1) is 41.2. The third-order valence-corrected chi connectivity index (χ3v) is 9.62. The molecule has 2 unspecified atom stereocenters. The highest BCUT2D eigenvalue weighted by Crippen LogP contribution is 2.54. The number of nitro benzene ring substituents is 2. The summed E-state index contributed by atoms with van der Waals surface area (Å²) in [6.45, 7) is 1.83. The molecule has 0 aliphatic rings. The number of nitrogens with zero attached hydrogens (tertiary/aromatic N) is 4. The molecule has 0 aliphatic carbocycles. The molecule has 0 aliphatic heterocycles. The van der Waals surface area contributed by atoms with Gasteiger partial charge >= 0.3 is 34.5 Å². The van der Waals surface area contributed by atoms with Crippen LogP contribution in [0.15, 0.2) is 72.8 Å². The van der Waals surface area contributed by atoms with E-state index in [2.05, 4.69) is 0 Å². The smallest absolute Gasteiger partial charge is 0.422 e. The van der Waals surface area contributed by atoms with E-state index >= 15 is 0 Å². The van der Waals surface area contributed by atoms with Gasteiger partial charge in [0.1, 0.15) is 11.4 Å². The lowest BCUT2D eigenvalue weighted by Crippen LogP contribution is -2.47. The molecule has 0 spiro atoms. The van der Waals surface area contributed by atoms with Crippen molar-refractivity contribution in [2.45, 2.75) is 26.2 Å². The average Bonchev–Trinajstić information content (AvgIpc) is 3.07. The second kappa shape index (κ2) is 15.1. The van der Waals surface area contributed by atoms with E-state index in [0.29, 0.717) is 24.3 Å². The number of hydrogen-bond donors (Lipinski definition) is 0. The Morgan fingerprint density at radius 3 is 1.15 bits per heavy atom. The van der Waals surface area contributed by atoms with Gasteiger partial charge < -0.3 is 4.74 Å². The highest BCUT2D eigenvalue weighted by Gasteiger charge is 2.50. The summed E-state index contributed by atoms with van der Waals surface area (Å²) in [4.78, 5) is 49.0. The molecule has 2 amide bonds. The molecule has 0 saturated carbocycles. The van der Waals surface area contributed by atoms with E-state index in [-0.39, 0.29) is 11.4 Å². The Morgan fingerprint density at radius 1 is 0.623 bits per heavy atom. The van der Waals surface area contributed by atoms with Crippen molar-refractivity contribution in [1.82, 2.24) is 8.97 Å². The number of nitro groups is 2. The van der Waals surface area contributed by atoms with Crippen molar-refractivity contribution in [3.63, 3.8) is 0 Å². The average molecular weight is 830 g/mol. The lowest BCUT2D eigenvalue weighted by Gasteiger charge is -2.32. The molecule has 2 atom stereocenters. The van der Waals surface area contributed by atoms with E-state index in [4.69, 9.17) is 51.1 Å². The number of halogens is 10. The molecule has 0 saturated heterocycles. The van der Waals surface area contributed by atoms with E-state index in [1.807, 2.05) is 0 Å². The number of alkyl halides is 6. The zero-order valence-corrected chi connectivity index (χ0v) is 29.8. The largest absolute Gasteiger partial charge is 0.454 e. The Bertz CT molecular complexity index is 1970. The van der Waals surface area contributed by atoms with Crippen molar-refractivity contribution in [2.75, 3.05) is 13.1 Å². The predicted molar refractivity (Wildman–Crippen MR) is 186 cm³/mol. The van der Waals surface area contributed by atoms with Gasteiger partial charge in [-0.25, -0.2) is 9.59 Å². The lowest BCUT2D eigenvalue weighted by molar-refractivity contribution is -0.384. The summed E-state index contributed by atoms with van der Waals surface area (Å²) in [7, 11) is 0. The molecule has 0 aromatic heterocycles. The first-order valence-electron chi connectivity index (χ1n) is 14.7. The fraction of sp³-hybridized carbons (Fsp3) is 0.188. The Balaban J connectivity index is 2.01.